The van der Waals surface area contributed by atoms with Gasteiger partial charge in [-0.05, 0) is 25.5 Å². The molecule has 2 heterocycles. The Labute approximate surface area is 110 Å². The molecule has 0 radical (unpaired) electrons. The Morgan fingerprint density at radius 2 is 2.22 bits per heavy atom. The zero-order valence-corrected chi connectivity index (χ0v) is 10.9. The van der Waals surface area contributed by atoms with Crippen molar-refractivity contribution >= 4 is 11.6 Å². The van der Waals surface area contributed by atoms with Crippen LogP contribution >= 0.6 is 11.6 Å². The fourth-order valence-corrected chi connectivity index (χ4v) is 1.83. The molecule has 0 amide bonds. The predicted octanol–water partition coefficient (Wildman–Crippen LogP) is 2.66. The molecule has 0 fully saturated rings. The Hall–Kier alpha value is -1.46. The Balaban J connectivity index is 2.27. The molecule has 0 aromatic carbocycles. The van der Waals surface area contributed by atoms with Crippen molar-refractivity contribution in [3.05, 3.63) is 29.2 Å². The standard InChI is InChI=1S/C12H14ClN3O2/c1-3-9(7(2)17)12-15-11(16-18-12)10-5-4-8(13)6-14-10/h4-7,9,17H,3H2,1-2H3. The molecule has 96 valence electrons. The molecule has 2 rings (SSSR count). The third-order valence-electron chi connectivity index (χ3n) is 2.74. The summed E-state index contributed by atoms with van der Waals surface area (Å²) in [6, 6.07) is 3.44. The summed E-state index contributed by atoms with van der Waals surface area (Å²) in [5, 5.41) is 14.0. The fraction of sp³-hybridized carbons (Fsp3) is 0.417. The number of hydrogen-bond donors (Lipinski definition) is 1. The Morgan fingerprint density at radius 1 is 1.44 bits per heavy atom. The molecule has 2 unspecified atom stereocenters. The van der Waals surface area contributed by atoms with Crippen LogP contribution in [0.25, 0.3) is 11.5 Å². The zero-order chi connectivity index (χ0) is 13.1. The molecule has 6 heteroatoms. The molecule has 0 aliphatic carbocycles. The Kier molecular flexibility index (Phi) is 3.93. The molecule has 2 aromatic heterocycles. The summed E-state index contributed by atoms with van der Waals surface area (Å²) in [5.41, 5.74) is 0.592. The van der Waals surface area contributed by atoms with Crippen LogP contribution in [0.4, 0.5) is 0 Å². The number of rotatable bonds is 4. The third kappa shape index (κ3) is 2.68. The minimum absolute atomic E-state index is 0.154. The molecule has 2 atom stereocenters. The van der Waals surface area contributed by atoms with Gasteiger partial charge in [-0.25, -0.2) is 0 Å². The number of aliphatic hydroxyl groups excluding tert-OH is 1. The second-order valence-electron chi connectivity index (χ2n) is 4.07. The monoisotopic (exact) mass is 267 g/mol. The number of hydrogen-bond acceptors (Lipinski definition) is 5. The van der Waals surface area contributed by atoms with E-state index in [0.29, 0.717) is 22.4 Å². The van der Waals surface area contributed by atoms with Gasteiger partial charge in [0.2, 0.25) is 11.7 Å². The van der Waals surface area contributed by atoms with Crippen molar-refractivity contribution in [2.75, 3.05) is 0 Å². The smallest absolute Gasteiger partial charge is 0.232 e. The fourth-order valence-electron chi connectivity index (χ4n) is 1.72. The van der Waals surface area contributed by atoms with Gasteiger partial charge in [-0.3, -0.25) is 4.98 Å². The molecule has 0 aliphatic rings. The normalized spacial score (nSPS) is 14.4. The van der Waals surface area contributed by atoms with Crippen LogP contribution in [0.1, 0.15) is 32.1 Å². The summed E-state index contributed by atoms with van der Waals surface area (Å²) in [7, 11) is 0. The predicted molar refractivity (Wildman–Crippen MR) is 67.3 cm³/mol. The summed E-state index contributed by atoms with van der Waals surface area (Å²) in [4.78, 5) is 8.37. The summed E-state index contributed by atoms with van der Waals surface area (Å²) in [6.45, 7) is 3.67. The van der Waals surface area contributed by atoms with Gasteiger partial charge < -0.3 is 9.63 Å². The molecule has 0 saturated heterocycles. The van der Waals surface area contributed by atoms with E-state index in [1.165, 1.54) is 6.20 Å². The lowest BCUT2D eigenvalue weighted by Crippen LogP contribution is -2.14. The molecule has 0 saturated carbocycles. The van der Waals surface area contributed by atoms with Crippen LogP contribution in [0.3, 0.4) is 0 Å². The van der Waals surface area contributed by atoms with E-state index < -0.39 is 6.10 Å². The van der Waals surface area contributed by atoms with E-state index >= 15 is 0 Å². The number of halogens is 1. The second kappa shape index (κ2) is 5.46. The average molecular weight is 268 g/mol. The highest BCUT2D eigenvalue weighted by Gasteiger charge is 2.22. The van der Waals surface area contributed by atoms with E-state index in [0.717, 1.165) is 6.42 Å². The number of pyridine rings is 1. The van der Waals surface area contributed by atoms with Gasteiger partial charge in [0.25, 0.3) is 0 Å². The van der Waals surface area contributed by atoms with Gasteiger partial charge >= 0.3 is 0 Å². The Morgan fingerprint density at radius 3 is 2.78 bits per heavy atom. The molecule has 0 aliphatic heterocycles. The lowest BCUT2D eigenvalue weighted by molar-refractivity contribution is 0.141. The minimum atomic E-state index is -0.526. The van der Waals surface area contributed by atoms with E-state index in [2.05, 4.69) is 15.1 Å². The van der Waals surface area contributed by atoms with Gasteiger partial charge in [-0.15, -0.1) is 0 Å². The number of aromatic nitrogens is 3. The number of aliphatic hydroxyl groups is 1. The lowest BCUT2D eigenvalue weighted by atomic mass is 10.0. The van der Waals surface area contributed by atoms with E-state index in [9.17, 15) is 5.11 Å². The molecule has 18 heavy (non-hydrogen) atoms. The van der Waals surface area contributed by atoms with Crippen LogP contribution in [0.5, 0.6) is 0 Å². The van der Waals surface area contributed by atoms with Crippen LogP contribution in [0, 0.1) is 0 Å². The minimum Gasteiger partial charge on any atom is -0.393 e. The van der Waals surface area contributed by atoms with Gasteiger partial charge in [0.15, 0.2) is 0 Å². The summed E-state index contributed by atoms with van der Waals surface area (Å²) >= 11 is 5.76. The highest BCUT2D eigenvalue weighted by Crippen LogP contribution is 2.24. The molecule has 1 N–H and O–H groups in total. The van der Waals surface area contributed by atoms with Crippen molar-refractivity contribution in [3.63, 3.8) is 0 Å². The van der Waals surface area contributed by atoms with Gasteiger partial charge in [0.1, 0.15) is 5.69 Å². The first kappa shape index (κ1) is 13.0. The maximum absolute atomic E-state index is 9.62. The van der Waals surface area contributed by atoms with Crippen molar-refractivity contribution in [1.82, 2.24) is 15.1 Å². The van der Waals surface area contributed by atoms with Gasteiger partial charge in [-0.1, -0.05) is 23.7 Å². The maximum atomic E-state index is 9.62. The zero-order valence-electron chi connectivity index (χ0n) is 10.2. The van der Waals surface area contributed by atoms with E-state index in [1.807, 2.05) is 6.92 Å². The molecule has 5 nitrogen and oxygen atoms in total. The molecular formula is C12H14ClN3O2. The van der Waals surface area contributed by atoms with Crippen LogP contribution in [0.2, 0.25) is 5.02 Å². The highest BCUT2D eigenvalue weighted by molar-refractivity contribution is 6.30. The summed E-state index contributed by atoms with van der Waals surface area (Å²) in [6.07, 6.45) is 1.73. The van der Waals surface area contributed by atoms with Crippen molar-refractivity contribution in [3.8, 4) is 11.5 Å². The van der Waals surface area contributed by atoms with Crippen LogP contribution in [-0.2, 0) is 0 Å². The van der Waals surface area contributed by atoms with Crippen LogP contribution in [-0.4, -0.2) is 26.3 Å². The van der Waals surface area contributed by atoms with Gasteiger partial charge in [0.05, 0.1) is 17.0 Å². The van der Waals surface area contributed by atoms with E-state index in [1.54, 1.807) is 19.1 Å². The summed E-state index contributed by atoms with van der Waals surface area (Å²) < 4.78 is 5.17. The molecule has 0 bridgehead atoms. The maximum Gasteiger partial charge on any atom is 0.232 e. The molecule has 2 aromatic rings. The topological polar surface area (TPSA) is 72.0 Å². The average Bonchev–Trinajstić information content (AvgIpc) is 2.80. The first-order valence-electron chi connectivity index (χ1n) is 5.75. The first-order valence-corrected chi connectivity index (χ1v) is 6.13. The van der Waals surface area contributed by atoms with Crippen LogP contribution in [0.15, 0.2) is 22.9 Å². The second-order valence-corrected chi connectivity index (χ2v) is 4.51. The third-order valence-corrected chi connectivity index (χ3v) is 2.96. The van der Waals surface area contributed by atoms with Gasteiger partial charge in [-0.2, -0.15) is 4.98 Å². The Bertz CT molecular complexity index is 510. The van der Waals surface area contributed by atoms with Crippen molar-refractivity contribution in [2.24, 2.45) is 0 Å². The van der Waals surface area contributed by atoms with Crippen LogP contribution < -0.4 is 0 Å². The largest absolute Gasteiger partial charge is 0.393 e. The molecule has 0 spiro atoms. The summed E-state index contributed by atoms with van der Waals surface area (Å²) in [5.74, 6) is 0.679. The van der Waals surface area contributed by atoms with Gasteiger partial charge in [0, 0.05) is 6.20 Å². The first-order chi connectivity index (χ1) is 8.61. The van der Waals surface area contributed by atoms with E-state index in [-0.39, 0.29) is 5.92 Å². The van der Waals surface area contributed by atoms with E-state index in [4.69, 9.17) is 16.1 Å². The van der Waals surface area contributed by atoms with Crippen molar-refractivity contribution in [1.29, 1.82) is 0 Å². The lowest BCUT2D eigenvalue weighted by Gasteiger charge is -2.12. The van der Waals surface area contributed by atoms with Crippen molar-refractivity contribution in [2.45, 2.75) is 32.3 Å². The molecular weight excluding hydrogens is 254 g/mol. The number of nitrogens with zero attached hydrogens (tertiary/aromatic N) is 3. The quantitative estimate of drug-likeness (QED) is 0.922. The highest BCUT2D eigenvalue weighted by atomic mass is 35.5. The SMILES string of the molecule is CCC(c1nc(-c2ccc(Cl)cn2)no1)C(C)O. The van der Waals surface area contributed by atoms with Crippen molar-refractivity contribution < 1.29 is 9.63 Å².